The molecule has 0 aliphatic rings. The van der Waals surface area contributed by atoms with E-state index in [0.29, 0.717) is 0 Å². The first-order valence-corrected chi connectivity index (χ1v) is 3.38. The Labute approximate surface area is 63.9 Å². The third-order valence-electron chi connectivity index (χ3n) is 1.53. The van der Waals surface area contributed by atoms with Crippen LogP contribution >= 0.6 is 0 Å². The van der Waals surface area contributed by atoms with E-state index in [9.17, 15) is 0 Å². The van der Waals surface area contributed by atoms with E-state index in [2.05, 4.69) is 15.4 Å². The SMILES string of the molecule is CNc1cnc2cccnn12. The summed E-state index contributed by atoms with van der Waals surface area (Å²) in [7, 11) is 1.85. The first-order valence-electron chi connectivity index (χ1n) is 3.38. The van der Waals surface area contributed by atoms with Gasteiger partial charge >= 0.3 is 0 Å². The summed E-state index contributed by atoms with van der Waals surface area (Å²) in [6.45, 7) is 0. The number of hydrogen-bond acceptors (Lipinski definition) is 3. The van der Waals surface area contributed by atoms with Crippen LogP contribution < -0.4 is 5.32 Å². The number of aromatic nitrogens is 3. The van der Waals surface area contributed by atoms with Gasteiger partial charge in [-0.25, -0.2) is 4.98 Å². The summed E-state index contributed by atoms with van der Waals surface area (Å²) in [4.78, 5) is 4.13. The van der Waals surface area contributed by atoms with Crippen LogP contribution in [-0.2, 0) is 0 Å². The Morgan fingerprint density at radius 2 is 2.45 bits per heavy atom. The molecule has 2 aromatic heterocycles. The number of anilines is 1. The minimum atomic E-state index is 0.858. The quantitative estimate of drug-likeness (QED) is 0.649. The summed E-state index contributed by atoms with van der Waals surface area (Å²) in [6.07, 6.45) is 3.48. The van der Waals surface area contributed by atoms with Crippen molar-refractivity contribution in [1.29, 1.82) is 0 Å². The van der Waals surface area contributed by atoms with Crippen molar-refractivity contribution < 1.29 is 0 Å². The lowest BCUT2D eigenvalue weighted by Gasteiger charge is -1.95. The second-order valence-corrected chi connectivity index (χ2v) is 2.19. The molecule has 0 spiro atoms. The van der Waals surface area contributed by atoms with Crippen LogP contribution in [0.4, 0.5) is 5.82 Å². The van der Waals surface area contributed by atoms with Gasteiger partial charge in [0, 0.05) is 13.2 Å². The third kappa shape index (κ3) is 0.832. The molecule has 0 unspecified atom stereocenters. The van der Waals surface area contributed by atoms with Gasteiger partial charge in [0.25, 0.3) is 0 Å². The predicted molar refractivity (Wildman–Crippen MR) is 42.5 cm³/mol. The number of rotatable bonds is 1. The van der Waals surface area contributed by atoms with Crippen molar-refractivity contribution in [3.63, 3.8) is 0 Å². The molecular weight excluding hydrogens is 140 g/mol. The van der Waals surface area contributed by atoms with E-state index in [1.807, 2.05) is 19.2 Å². The lowest BCUT2D eigenvalue weighted by atomic mass is 10.6. The first-order chi connectivity index (χ1) is 5.42. The van der Waals surface area contributed by atoms with Gasteiger partial charge in [0.1, 0.15) is 5.82 Å². The summed E-state index contributed by atoms with van der Waals surface area (Å²) >= 11 is 0. The van der Waals surface area contributed by atoms with E-state index in [4.69, 9.17) is 0 Å². The van der Waals surface area contributed by atoms with Crippen LogP contribution in [0.25, 0.3) is 5.65 Å². The monoisotopic (exact) mass is 148 g/mol. The maximum atomic E-state index is 4.13. The van der Waals surface area contributed by atoms with Gasteiger partial charge in [-0.3, -0.25) is 0 Å². The molecule has 2 rings (SSSR count). The highest BCUT2D eigenvalue weighted by molar-refractivity contribution is 5.47. The molecular formula is C7H8N4. The highest BCUT2D eigenvalue weighted by Gasteiger charge is 1.98. The van der Waals surface area contributed by atoms with E-state index >= 15 is 0 Å². The fourth-order valence-electron chi connectivity index (χ4n) is 1.000. The van der Waals surface area contributed by atoms with Crippen molar-refractivity contribution in [2.24, 2.45) is 0 Å². The number of hydrogen-bond donors (Lipinski definition) is 1. The maximum absolute atomic E-state index is 4.13. The van der Waals surface area contributed by atoms with Crippen molar-refractivity contribution >= 4 is 11.5 Å². The molecule has 2 aromatic rings. The molecule has 56 valence electrons. The lowest BCUT2D eigenvalue weighted by Crippen LogP contribution is -1.96. The van der Waals surface area contributed by atoms with Crippen molar-refractivity contribution in [2.75, 3.05) is 12.4 Å². The van der Waals surface area contributed by atoms with Crippen LogP contribution in [-0.4, -0.2) is 21.6 Å². The van der Waals surface area contributed by atoms with E-state index in [1.165, 1.54) is 0 Å². The molecule has 0 aliphatic carbocycles. The van der Waals surface area contributed by atoms with Crippen LogP contribution in [0.2, 0.25) is 0 Å². The number of nitrogens with one attached hydrogen (secondary N) is 1. The molecule has 4 nitrogen and oxygen atoms in total. The molecule has 0 aromatic carbocycles. The van der Waals surface area contributed by atoms with Crippen LogP contribution in [0.3, 0.4) is 0 Å². The van der Waals surface area contributed by atoms with E-state index < -0.39 is 0 Å². The van der Waals surface area contributed by atoms with Crippen LogP contribution in [0.5, 0.6) is 0 Å². The second kappa shape index (κ2) is 2.23. The minimum absolute atomic E-state index is 0.858. The van der Waals surface area contributed by atoms with Crippen LogP contribution in [0.15, 0.2) is 24.5 Å². The molecule has 0 atom stereocenters. The van der Waals surface area contributed by atoms with E-state index in [1.54, 1.807) is 16.9 Å². The van der Waals surface area contributed by atoms with Gasteiger partial charge in [-0.1, -0.05) is 0 Å². The standard InChI is InChI=1S/C7H8N4/c1-8-7-5-9-6-3-2-4-10-11(6)7/h2-5,8H,1H3. The van der Waals surface area contributed by atoms with Crippen molar-refractivity contribution in [2.45, 2.75) is 0 Å². The Kier molecular flexibility index (Phi) is 1.25. The average molecular weight is 148 g/mol. The molecule has 11 heavy (non-hydrogen) atoms. The largest absolute Gasteiger partial charge is 0.372 e. The Bertz CT molecular complexity index is 365. The molecule has 1 N–H and O–H groups in total. The normalized spacial score (nSPS) is 10.3. The van der Waals surface area contributed by atoms with E-state index in [0.717, 1.165) is 11.5 Å². The van der Waals surface area contributed by atoms with Gasteiger partial charge in [-0.2, -0.15) is 9.61 Å². The summed E-state index contributed by atoms with van der Waals surface area (Å²) in [6, 6.07) is 3.77. The summed E-state index contributed by atoms with van der Waals surface area (Å²) in [5, 5.41) is 7.09. The van der Waals surface area contributed by atoms with E-state index in [-0.39, 0.29) is 0 Å². The highest BCUT2D eigenvalue weighted by atomic mass is 15.3. The van der Waals surface area contributed by atoms with Gasteiger partial charge in [0.05, 0.1) is 6.20 Å². The molecule has 4 heteroatoms. The molecule has 0 aliphatic heterocycles. The van der Waals surface area contributed by atoms with Gasteiger partial charge in [-0.05, 0) is 12.1 Å². The average Bonchev–Trinajstić information content (AvgIpc) is 2.47. The molecule has 0 saturated carbocycles. The third-order valence-corrected chi connectivity index (χ3v) is 1.53. The zero-order valence-electron chi connectivity index (χ0n) is 6.15. The fraction of sp³-hybridized carbons (Fsp3) is 0.143. The first kappa shape index (κ1) is 6.15. The van der Waals surface area contributed by atoms with Gasteiger partial charge < -0.3 is 5.32 Å². The van der Waals surface area contributed by atoms with Gasteiger partial charge in [0.2, 0.25) is 0 Å². The molecule has 0 fully saturated rings. The summed E-state index contributed by atoms with van der Waals surface area (Å²) in [5.74, 6) is 0.903. The van der Waals surface area contributed by atoms with Crippen molar-refractivity contribution in [3.05, 3.63) is 24.5 Å². The van der Waals surface area contributed by atoms with Crippen LogP contribution in [0, 0.1) is 0 Å². The minimum Gasteiger partial charge on any atom is -0.372 e. The highest BCUT2D eigenvalue weighted by Crippen LogP contribution is 2.06. The van der Waals surface area contributed by atoms with Crippen molar-refractivity contribution in [1.82, 2.24) is 14.6 Å². The smallest absolute Gasteiger partial charge is 0.155 e. The molecule has 2 heterocycles. The number of nitrogens with zero attached hydrogens (tertiary/aromatic N) is 3. The maximum Gasteiger partial charge on any atom is 0.155 e. The molecule has 0 bridgehead atoms. The molecule has 0 amide bonds. The number of fused-ring (bicyclic) bond motifs is 1. The zero-order valence-corrected chi connectivity index (χ0v) is 6.15. The Morgan fingerprint density at radius 1 is 1.55 bits per heavy atom. The Balaban J connectivity index is 2.76. The number of imidazole rings is 1. The lowest BCUT2D eigenvalue weighted by molar-refractivity contribution is 0.939. The molecule has 0 saturated heterocycles. The Morgan fingerprint density at radius 3 is 3.27 bits per heavy atom. The zero-order chi connectivity index (χ0) is 7.68. The second-order valence-electron chi connectivity index (χ2n) is 2.19. The topological polar surface area (TPSA) is 42.2 Å². The Hall–Kier alpha value is -1.58. The fourth-order valence-corrected chi connectivity index (χ4v) is 1.000. The van der Waals surface area contributed by atoms with Gasteiger partial charge in [0.15, 0.2) is 5.65 Å². The summed E-state index contributed by atoms with van der Waals surface area (Å²) < 4.78 is 1.75. The van der Waals surface area contributed by atoms with Crippen molar-refractivity contribution in [3.8, 4) is 0 Å². The van der Waals surface area contributed by atoms with Crippen LogP contribution in [0.1, 0.15) is 0 Å². The molecule has 0 radical (unpaired) electrons. The predicted octanol–water partition coefficient (Wildman–Crippen LogP) is 0.771. The summed E-state index contributed by atoms with van der Waals surface area (Å²) in [5.41, 5.74) is 0.858. The van der Waals surface area contributed by atoms with Gasteiger partial charge in [-0.15, -0.1) is 0 Å².